The van der Waals surface area contributed by atoms with E-state index in [0.717, 1.165) is 12.0 Å². The fourth-order valence-electron chi connectivity index (χ4n) is 2.22. The summed E-state index contributed by atoms with van der Waals surface area (Å²) < 4.78 is 18.4. The number of ether oxygens (including phenoxy) is 1. The van der Waals surface area contributed by atoms with Crippen molar-refractivity contribution in [2.75, 3.05) is 26.2 Å². The third-order valence-electron chi connectivity index (χ3n) is 3.42. The van der Waals surface area contributed by atoms with Crippen molar-refractivity contribution in [1.82, 2.24) is 4.90 Å². The van der Waals surface area contributed by atoms with Crippen LogP contribution < -0.4 is 10.5 Å². The van der Waals surface area contributed by atoms with Gasteiger partial charge in [-0.05, 0) is 24.1 Å². The van der Waals surface area contributed by atoms with E-state index in [2.05, 4.69) is 0 Å². The summed E-state index contributed by atoms with van der Waals surface area (Å²) in [5.74, 6) is -0.206. The number of nitrogens with two attached hydrogens (primary N) is 1. The number of rotatable bonds is 8. The van der Waals surface area contributed by atoms with Gasteiger partial charge in [0.25, 0.3) is 5.91 Å². The van der Waals surface area contributed by atoms with Gasteiger partial charge in [-0.3, -0.25) is 4.79 Å². The molecule has 1 amide bonds. The predicted molar refractivity (Wildman–Crippen MR) is 94.9 cm³/mol. The Morgan fingerprint density at radius 2 is 1.83 bits per heavy atom. The van der Waals surface area contributed by atoms with Crippen molar-refractivity contribution >= 4 is 18.3 Å². The molecule has 0 fully saturated rings. The number of hydrogen-bond acceptors (Lipinski definition) is 3. The normalized spacial score (nSPS) is 9.92. The topological polar surface area (TPSA) is 55.6 Å². The molecule has 0 unspecified atom stereocenters. The van der Waals surface area contributed by atoms with Gasteiger partial charge in [0, 0.05) is 25.7 Å². The molecule has 0 aromatic heterocycles. The lowest BCUT2D eigenvalue weighted by Gasteiger charge is -2.22. The maximum absolute atomic E-state index is 13.1. The summed E-state index contributed by atoms with van der Waals surface area (Å²) in [6, 6.07) is 15.7. The fourth-order valence-corrected chi connectivity index (χ4v) is 2.22. The summed E-state index contributed by atoms with van der Waals surface area (Å²) in [7, 11) is 0. The van der Waals surface area contributed by atoms with Crippen molar-refractivity contribution in [3.8, 4) is 5.75 Å². The van der Waals surface area contributed by atoms with Crippen LogP contribution in [0.15, 0.2) is 54.6 Å². The van der Waals surface area contributed by atoms with Gasteiger partial charge in [0.05, 0.1) is 0 Å². The van der Waals surface area contributed by atoms with E-state index < -0.39 is 5.82 Å². The van der Waals surface area contributed by atoms with Crippen LogP contribution in [-0.2, 0) is 11.2 Å². The van der Waals surface area contributed by atoms with Crippen LogP contribution in [0.25, 0.3) is 0 Å². The summed E-state index contributed by atoms with van der Waals surface area (Å²) in [4.78, 5) is 13.9. The van der Waals surface area contributed by atoms with Gasteiger partial charge in [-0.1, -0.05) is 36.4 Å². The zero-order chi connectivity index (χ0) is 16.5. The van der Waals surface area contributed by atoms with E-state index >= 15 is 0 Å². The molecule has 0 spiro atoms. The molecule has 2 rings (SSSR count). The molecule has 2 N–H and O–H groups in total. The Balaban J connectivity index is 0.00000288. The molecule has 2 aromatic rings. The standard InChI is InChI=1S/C18H21FN2O2.ClH/c19-16-7-4-8-17(13-16)23-14-18(22)21(12-10-20)11-9-15-5-2-1-3-6-15;/h1-8,13H,9-12,14,20H2;1H. The third-order valence-corrected chi connectivity index (χ3v) is 3.42. The van der Waals surface area contributed by atoms with E-state index in [4.69, 9.17) is 10.5 Å². The molecule has 2 aromatic carbocycles. The molecule has 6 heteroatoms. The van der Waals surface area contributed by atoms with E-state index in [9.17, 15) is 9.18 Å². The highest BCUT2D eigenvalue weighted by molar-refractivity contribution is 5.85. The summed E-state index contributed by atoms with van der Waals surface area (Å²) in [6.07, 6.45) is 0.756. The lowest BCUT2D eigenvalue weighted by atomic mass is 10.1. The maximum Gasteiger partial charge on any atom is 0.260 e. The van der Waals surface area contributed by atoms with Crippen LogP contribution in [0, 0.1) is 5.82 Å². The molecule has 0 saturated heterocycles. The van der Waals surface area contributed by atoms with Gasteiger partial charge in [-0.25, -0.2) is 4.39 Å². The first-order valence-electron chi connectivity index (χ1n) is 7.59. The lowest BCUT2D eigenvalue weighted by Crippen LogP contribution is -2.39. The zero-order valence-electron chi connectivity index (χ0n) is 13.4. The summed E-state index contributed by atoms with van der Waals surface area (Å²) in [6.45, 7) is 1.31. The quantitative estimate of drug-likeness (QED) is 0.794. The number of nitrogens with zero attached hydrogens (tertiary/aromatic N) is 1. The maximum atomic E-state index is 13.1. The second-order valence-corrected chi connectivity index (χ2v) is 5.15. The highest BCUT2D eigenvalue weighted by Crippen LogP contribution is 2.12. The number of carbonyl (C=O) groups excluding carboxylic acids is 1. The van der Waals surface area contributed by atoms with Crippen molar-refractivity contribution in [3.63, 3.8) is 0 Å². The molecular weight excluding hydrogens is 331 g/mol. The SMILES string of the molecule is Cl.NCCN(CCc1ccccc1)C(=O)COc1cccc(F)c1. The minimum atomic E-state index is -0.391. The Labute approximate surface area is 147 Å². The van der Waals surface area contributed by atoms with E-state index in [-0.39, 0.29) is 24.9 Å². The number of halogens is 2. The Morgan fingerprint density at radius 1 is 1.08 bits per heavy atom. The lowest BCUT2D eigenvalue weighted by molar-refractivity contribution is -0.133. The van der Waals surface area contributed by atoms with Crippen LogP contribution in [0.4, 0.5) is 4.39 Å². The number of carbonyl (C=O) groups is 1. The number of hydrogen-bond donors (Lipinski definition) is 1. The average molecular weight is 353 g/mol. The second-order valence-electron chi connectivity index (χ2n) is 5.15. The molecule has 0 bridgehead atoms. The van der Waals surface area contributed by atoms with Crippen molar-refractivity contribution in [2.24, 2.45) is 5.73 Å². The van der Waals surface area contributed by atoms with Crippen LogP contribution in [-0.4, -0.2) is 37.0 Å². The average Bonchev–Trinajstić information content (AvgIpc) is 2.57. The Hall–Kier alpha value is -2.11. The zero-order valence-corrected chi connectivity index (χ0v) is 14.2. The Morgan fingerprint density at radius 3 is 2.50 bits per heavy atom. The molecule has 0 aliphatic carbocycles. The first-order chi connectivity index (χ1) is 11.2. The summed E-state index contributed by atoms with van der Waals surface area (Å²) in [5, 5.41) is 0. The monoisotopic (exact) mass is 352 g/mol. The van der Waals surface area contributed by atoms with Crippen molar-refractivity contribution in [1.29, 1.82) is 0 Å². The van der Waals surface area contributed by atoms with E-state index in [1.54, 1.807) is 17.0 Å². The van der Waals surface area contributed by atoms with Crippen LogP contribution in [0.1, 0.15) is 5.56 Å². The molecule has 0 radical (unpaired) electrons. The van der Waals surface area contributed by atoms with Gasteiger partial charge in [-0.15, -0.1) is 12.4 Å². The Kier molecular flexibility index (Phi) is 8.83. The van der Waals surface area contributed by atoms with Crippen molar-refractivity contribution < 1.29 is 13.9 Å². The smallest absolute Gasteiger partial charge is 0.260 e. The highest BCUT2D eigenvalue weighted by atomic mass is 35.5. The van der Waals surface area contributed by atoms with Crippen LogP contribution >= 0.6 is 12.4 Å². The molecule has 0 aliphatic heterocycles. The van der Waals surface area contributed by atoms with E-state index in [1.165, 1.54) is 12.1 Å². The highest BCUT2D eigenvalue weighted by Gasteiger charge is 2.13. The van der Waals surface area contributed by atoms with Gasteiger partial charge in [0.15, 0.2) is 6.61 Å². The van der Waals surface area contributed by atoms with Gasteiger partial charge in [0.1, 0.15) is 11.6 Å². The van der Waals surface area contributed by atoms with Crippen LogP contribution in [0.5, 0.6) is 5.75 Å². The predicted octanol–water partition coefficient (Wildman–Crippen LogP) is 2.66. The molecule has 0 aliphatic rings. The van der Waals surface area contributed by atoms with Gasteiger partial charge in [0.2, 0.25) is 0 Å². The minimum Gasteiger partial charge on any atom is -0.484 e. The molecule has 4 nitrogen and oxygen atoms in total. The van der Waals surface area contributed by atoms with Gasteiger partial charge < -0.3 is 15.4 Å². The molecular formula is C18H22ClFN2O2. The third kappa shape index (κ3) is 6.56. The number of amides is 1. The fraction of sp³-hybridized carbons (Fsp3) is 0.278. The first kappa shape index (κ1) is 19.9. The molecule has 0 saturated carbocycles. The Bertz CT molecular complexity index is 625. The van der Waals surface area contributed by atoms with E-state index in [0.29, 0.717) is 25.4 Å². The molecule has 130 valence electrons. The molecule has 24 heavy (non-hydrogen) atoms. The van der Waals surface area contributed by atoms with E-state index in [1.807, 2.05) is 30.3 Å². The van der Waals surface area contributed by atoms with Crippen LogP contribution in [0.2, 0.25) is 0 Å². The number of benzene rings is 2. The van der Waals surface area contributed by atoms with Gasteiger partial charge >= 0.3 is 0 Å². The van der Waals surface area contributed by atoms with Crippen molar-refractivity contribution in [2.45, 2.75) is 6.42 Å². The van der Waals surface area contributed by atoms with Crippen LogP contribution in [0.3, 0.4) is 0 Å². The molecule has 0 heterocycles. The first-order valence-corrected chi connectivity index (χ1v) is 7.59. The molecule has 0 atom stereocenters. The second kappa shape index (κ2) is 10.6. The van der Waals surface area contributed by atoms with Gasteiger partial charge in [-0.2, -0.15) is 0 Å². The summed E-state index contributed by atoms with van der Waals surface area (Å²) >= 11 is 0. The summed E-state index contributed by atoms with van der Waals surface area (Å²) in [5.41, 5.74) is 6.74. The largest absolute Gasteiger partial charge is 0.484 e. The minimum absolute atomic E-state index is 0. The van der Waals surface area contributed by atoms with Crippen molar-refractivity contribution in [3.05, 3.63) is 66.0 Å².